The molecule has 3 heterocycles. The monoisotopic (exact) mass is 461 g/mol. The van der Waals surface area contributed by atoms with Gasteiger partial charge in [-0.15, -0.1) is 0 Å². The molecule has 1 fully saturated rings. The molecule has 158 valence electrons. The Morgan fingerprint density at radius 1 is 1.10 bits per heavy atom. The molecule has 0 bridgehead atoms. The summed E-state index contributed by atoms with van der Waals surface area (Å²) in [5.74, 6) is -0.469. The van der Waals surface area contributed by atoms with Crippen molar-refractivity contribution in [3.05, 3.63) is 16.1 Å². The van der Waals surface area contributed by atoms with Crippen LogP contribution >= 0.6 is 35.0 Å². The van der Waals surface area contributed by atoms with E-state index in [2.05, 4.69) is 15.0 Å². The highest BCUT2D eigenvalue weighted by Crippen LogP contribution is 2.36. The van der Waals surface area contributed by atoms with Crippen LogP contribution in [-0.2, 0) is 4.74 Å². The first-order valence-corrected chi connectivity index (χ1v) is 11.1. The third kappa shape index (κ3) is 4.78. The van der Waals surface area contributed by atoms with E-state index in [0.717, 1.165) is 19.3 Å². The van der Waals surface area contributed by atoms with Crippen molar-refractivity contribution in [3.63, 3.8) is 0 Å². The van der Waals surface area contributed by atoms with E-state index in [4.69, 9.17) is 27.9 Å². The Bertz CT molecular complexity index is 941. The van der Waals surface area contributed by atoms with Crippen LogP contribution < -0.4 is 5.01 Å². The molecule has 1 saturated heterocycles. The number of aromatic nitrogens is 3. The Morgan fingerprint density at radius 3 is 2.45 bits per heavy atom. The lowest BCUT2D eigenvalue weighted by molar-refractivity contribution is 0.0232. The number of halogens is 3. The minimum Gasteiger partial charge on any atom is -0.442 e. The molecule has 2 aromatic heterocycles. The molecule has 2 aromatic rings. The number of carbonyl (C=O) groups is 1. The lowest BCUT2D eigenvalue weighted by Gasteiger charge is -2.35. The molecule has 1 aliphatic rings. The number of rotatable bonds is 2. The molecule has 0 aliphatic carbocycles. The third-order valence-electron chi connectivity index (χ3n) is 4.22. The highest BCUT2D eigenvalue weighted by Gasteiger charge is 2.32. The maximum atomic E-state index is 14.7. The number of ether oxygens (including phenoxy) is 1. The molecule has 1 amide bonds. The molecule has 0 aromatic carbocycles. The second kappa shape index (κ2) is 8.65. The Kier molecular flexibility index (Phi) is 6.60. The van der Waals surface area contributed by atoms with Crippen LogP contribution in [0.4, 0.5) is 15.0 Å². The van der Waals surface area contributed by atoms with E-state index >= 15 is 0 Å². The number of hydrazine groups is 1. The number of thioether (sulfide) groups is 1. The summed E-state index contributed by atoms with van der Waals surface area (Å²) in [6.45, 7) is 6.33. The van der Waals surface area contributed by atoms with Crippen LogP contribution in [-0.4, -0.2) is 51.0 Å². The molecule has 0 radical (unpaired) electrons. The molecule has 0 spiro atoms. The van der Waals surface area contributed by atoms with E-state index < -0.39 is 17.5 Å². The number of hydrogen-bond acceptors (Lipinski definition) is 7. The Labute approximate surface area is 182 Å². The Hall–Kier alpha value is -1.58. The van der Waals surface area contributed by atoms with Gasteiger partial charge in [-0.2, -0.15) is 0 Å². The fourth-order valence-corrected chi connectivity index (χ4v) is 3.85. The van der Waals surface area contributed by atoms with Crippen molar-refractivity contribution in [3.8, 4) is 0 Å². The largest absolute Gasteiger partial charge is 0.442 e. The van der Waals surface area contributed by atoms with Crippen LogP contribution in [0.25, 0.3) is 10.9 Å². The predicted molar refractivity (Wildman–Crippen MR) is 113 cm³/mol. The molecule has 29 heavy (non-hydrogen) atoms. The van der Waals surface area contributed by atoms with Crippen molar-refractivity contribution in [2.24, 2.45) is 0 Å². The average Bonchev–Trinajstić information content (AvgIpc) is 2.89. The van der Waals surface area contributed by atoms with Gasteiger partial charge in [-0.25, -0.2) is 29.1 Å². The molecule has 0 atom stereocenters. The smallest absolute Gasteiger partial charge is 0.429 e. The van der Waals surface area contributed by atoms with E-state index in [1.165, 1.54) is 16.8 Å². The van der Waals surface area contributed by atoms with Crippen molar-refractivity contribution in [2.75, 3.05) is 24.4 Å². The van der Waals surface area contributed by atoms with Gasteiger partial charge in [-0.1, -0.05) is 35.0 Å². The van der Waals surface area contributed by atoms with Gasteiger partial charge in [0, 0.05) is 13.1 Å². The first-order valence-electron chi connectivity index (χ1n) is 9.16. The van der Waals surface area contributed by atoms with Gasteiger partial charge in [0.2, 0.25) is 0 Å². The number of anilines is 1. The summed E-state index contributed by atoms with van der Waals surface area (Å²) in [7, 11) is 0. The summed E-state index contributed by atoms with van der Waals surface area (Å²) < 4.78 is 20.3. The van der Waals surface area contributed by atoms with Crippen molar-refractivity contribution in [1.29, 1.82) is 0 Å². The minimum absolute atomic E-state index is 0.0255. The zero-order chi connectivity index (χ0) is 21.3. The number of amides is 1. The van der Waals surface area contributed by atoms with E-state index in [0.29, 0.717) is 24.1 Å². The number of fused-ring (bicyclic) bond motifs is 1. The molecule has 11 heteroatoms. The zero-order valence-corrected chi connectivity index (χ0v) is 19.0. The van der Waals surface area contributed by atoms with Gasteiger partial charge in [0.15, 0.2) is 21.9 Å². The van der Waals surface area contributed by atoms with E-state index in [9.17, 15) is 9.18 Å². The standard InChI is InChI=1S/C18H22Cl2FN5O2S/c1-18(2,3)28-17(27)26-9-7-5-6-8-25(26)15-10-12(22-16(24-15)29-4)11(21)14(20)23-13(10)19/h5-9H2,1-4H3. The van der Waals surface area contributed by atoms with Gasteiger partial charge in [-0.05, 0) is 46.3 Å². The van der Waals surface area contributed by atoms with E-state index in [1.54, 1.807) is 32.0 Å². The van der Waals surface area contributed by atoms with Crippen LogP contribution in [0.15, 0.2) is 5.16 Å². The summed E-state index contributed by atoms with van der Waals surface area (Å²) in [5.41, 5.74) is -0.691. The number of hydrogen-bond donors (Lipinski definition) is 0. The van der Waals surface area contributed by atoms with E-state index in [1.807, 2.05) is 0 Å². The normalized spacial score (nSPS) is 15.6. The van der Waals surface area contributed by atoms with Crippen LogP contribution in [0.1, 0.15) is 40.0 Å². The maximum Gasteiger partial charge on any atom is 0.429 e. The lowest BCUT2D eigenvalue weighted by atomic mass is 10.2. The van der Waals surface area contributed by atoms with Gasteiger partial charge in [0.1, 0.15) is 16.3 Å². The zero-order valence-electron chi connectivity index (χ0n) is 16.6. The molecule has 0 N–H and O–H groups in total. The lowest BCUT2D eigenvalue weighted by Crippen LogP contribution is -2.49. The maximum absolute atomic E-state index is 14.7. The summed E-state index contributed by atoms with van der Waals surface area (Å²) in [4.78, 5) is 25.6. The average molecular weight is 462 g/mol. The van der Waals surface area contributed by atoms with Crippen molar-refractivity contribution < 1.29 is 13.9 Å². The molecular formula is C18H22Cl2FN5O2S. The Balaban J connectivity index is 2.19. The predicted octanol–water partition coefficient (Wildman–Crippen LogP) is 5.34. The van der Waals surface area contributed by atoms with Crippen LogP contribution in [0.2, 0.25) is 10.3 Å². The van der Waals surface area contributed by atoms with Crippen molar-refractivity contribution >= 4 is 57.8 Å². The Morgan fingerprint density at radius 2 is 1.79 bits per heavy atom. The summed E-state index contributed by atoms with van der Waals surface area (Å²) in [6.07, 6.45) is 3.83. The molecule has 0 unspecified atom stereocenters. The first kappa shape index (κ1) is 22.1. The van der Waals surface area contributed by atoms with Crippen molar-refractivity contribution in [2.45, 2.75) is 50.8 Å². The molecular weight excluding hydrogens is 440 g/mol. The summed E-state index contributed by atoms with van der Waals surface area (Å²) in [6, 6.07) is 0. The highest BCUT2D eigenvalue weighted by atomic mass is 35.5. The van der Waals surface area contributed by atoms with E-state index in [-0.39, 0.29) is 21.2 Å². The second-order valence-electron chi connectivity index (χ2n) is 7.55. The molecule has 1 aliphatic heterocycles. The van der Waals surface area contributed by atoms with Crippen molar-refractivity contribution in [1.82, 2.24) is 20.0 Å². The fraction of sp³-hybridized carbons (Fsp3) is 0.556. The SMILES string of the molecule is CSc1nc(N2CCCCCN2C(=O)OC(C)(C)C)c2c(Cl)nc(Cl)c(F)c2n1. The number of nitrogens with zero attached hydrogens (tertiary/aromatic N) is 5. The molecule has 0 saturated carbocycles. The van der Waals surface area contributed by atoms with Crippen LogP contribution in [0, 0.1) is 5.82 Å². The third-order valence-corrected chi connectivity index (χ3v) is 5.30. The minimum atomic E-state index is -0.774. The topological polar surface area (TPSA) is 71.5 Å². The molecule has 7 nitrogen and oxygen atoms in total. The quantitative estimate of drug-likeness (QED) is 0.339. The van der Waals surface area contributed by atoms with Crippen LogP contribution in [0.5, 0.6) is 0 Å². The fourth-order valence-electron chi connectivity index (χ4n) is 3.01. The summed E-state index contributed by atoms with van der Waals surface area (Å²) >= 11 is 13.4. The second-order valence-corrected chi connectivity index (χ2v) is 9.04. The molecule has 3 rings (SSSR count). The number of pyridine rings is 1. The highest BCUT2D eigenvalue weighted by molar-refractivity contribution is 7.98. The van der Waals surface area contributed by atoms with Gasteiger partial charge >= 0.3 is 6.09 Å². The number of carbonyl (C=O) groups excluding carboxylic acids is 1. The summed E-state index contributed by atoms with van der Waals surface area (Å²) in [5, 5.41) is 3.33. The van der Waals surface area contributed by atoms with Gasteiger partial charge in [0.25, 0.3) is 0 Å². The van der Waals surface area contributed by atoms with Crippen LogP contribution in [0.3, 0.4) is 0 Å². The van der Waals surface area contributed by atoms with Gasteiger partial charge in [-0.3, -0.25) is 5.01 Å². The first-order chi connectivity index (χ1) is 13.6. The van der Waals surface area contributed by atoms with Gasteiger partial charge < -0.3 is 4.74 Å². The van der Waals surface area contributed by atoms with Gasteiger partial charge in [0.05, 0.1) is 5.39 Å².